The van der Waals surface area contributed by atoms with Gasteiger partial charge in [0, 0.05) is 32.3 Å². The minimum absolute atomic E-state index is 0.00879. The van der Waals surface area contributed by atoms with Gasteiger partial charge >= 0.3 is 5.97 Å². The third-order valence-electron chi connectivity index (χ3n) is 6.44. The molecule has 1 fully saturated rings. The lowest BCUT2D eigenvalue weighted by Crippen LogP contribution is -2.38. The van der Waals surface area contributed by atoms with Crippen molar-refractivity contribution in [2.24, 2.45) is 0 Å². The molecule has 1 saturated heterocycles. The zero-order valence-corrected chi connectivity index (χ0v) is 21.5. The van der Waals surface area contributed by atoms with Gasteiger partial charge in [-0.25, -0.2) is 0 Å². The second-order valence-corrected chi connectivity index (χ2v) is 9.88. The van der Waals surface area contributed by atoms with Crippen molar-refractivity contribution in [3.8, 4) is 17.6 Å². The summed E-state index contributed by atoms with van der Waals surface area (Å²) in [5.74, 6) is 5.40. The van der Waals surface area contributed by atoms with Crippen LogP contribution in [0.2, 0.25) is 0 Å². The van der Waals surface area contributed by atoms with Crippen LogP contribution < -0.4 is 4.74 Å². The molecule has 188 valence electrons. The van der Waals surface area contributed by atoms with E-state index in [1.165, 1.54) is 11.1 Å². The third-order valence-corrected chi connectivity index (χ3v) is 7.17. The van der Waals surface area contributed by atoms with Crippen molar-refractivity contribution in [1.29, 1.82) is 0 Å². The largest absolute Gasteiger partial charge is 0.489 e. The number of carbonyl (C=O) groups is 1. The second kappa shape index (κ2) is 13.3. The van der Waals surface area contributed by atoms with E-state index in [0.29, 0.717) is 12.6 Å². The first kappa shape index (κ1) is 26.0. The van der Waals surface area contributed by atoms with Gasteiger partial charge in [-0.3, -0.25) is 9.69 Å². The predicted octanol–water partition coefficient (Wildman–Crippen LogP) is 6.09. The van der Waals surface area contributed by atoms with Gasteiger partial charge in [-0.1, -0.05) is 42.3 Å². The zero-order chi connectivity index (χ0) is 25.2. The summed E-state index contributed by atoms with van der Waals surface area (Å²) in [4.78, 5) is 13.7. The van der Waals surface area contributed by atoms with Crippen LogP contribution in [0.4, 0.5) is 0 Å². The number of hydrogen-bond donors (Lipinski definition) is 1. The SMILES string of the molecule is CC#C[C@@H](CC(=O)O)c1ccc(OCc2cccc(CN(Cc3ccsc3)C3CCOCC3)c2)cc1. The Bertz CT molecular complexity index is 1160. The summed E-state index contributed by atoms with van der Waals surface area (Å²) in [6.07, 6.45) is 2.13. The molecule has 3 aromatic rings. The van der Waals surface area contributed by atoms with Gasteiger partial charge in [0.15, 0.2) is 0 Å². The van der Waals surface area contributed by atoms with Crippen LogP contribution in [0.15, 0.2) is 65.4 Å². The number of benzene rings is 2. The molecule has 5 nitrogen and oxygen atoms in total. The van der Waals surface area contributed by atoms with Crippen LogP contribution in [0.25, 0.3) is 0 Å². The predicted molar refractivity (Wildman–Crippen MR) is 143 cm³/mol. The standard InChI is InChI=1S/C30H33NO4S/c1-2-4-27(18-30(32)33)26-7-9-29(10-8-26)35-21-24-6-3-5-23(17-24)19-31(20-25-13-16-36-22-25)28-11-14-34-15-12-28/h3,5-10,13,16-17,22,27-28H,11-12,14-15,18-21H2,1H3,(H,32,33)/t27-/m0/s1. The van der Waals surface area contributed by atoms with Crippen LogP contribution >= 0.6 is 11.3 Å². The molecule has 0 spiro atoms. The van der Waals surface area contributed by atoms with E-state index in [4.69, 9.17) is 14.6 Å². The van der Waals surface area contributed by atoms with Gasteiger partial charge in [0.2, 0.25) is 0 Å². The molecule has 0 saturated carbocycles. The van der Waals surface area contributed by atoms with Gasteiger partial charge in [0.25, 0.3) is 0 Å². The van der Waals surface area contributed by atoms with Crippen molar-refractivity contribution < 1.29 is 19.4 Å². The van der Waals surface area contributed by atoms with Crippen LogP contribution in [0, 0.1) is 11.8 Å². The Kier molecular flexibility index (Phi) is 9.57. The average Bonchev–Trinajstić information content (AvgIpc) is 3.41. The fourth-order valence-electron chi connectivity index (χ4n) is 4.60. The summed E-state index contributed by atoms with van der Waals surface area (Å²) in [5.41, 5.74) is 4.66. The van der Waals surface area contributed by atoms with E-state index in [1.807, 2.05) is 24.3 Å². The van der Waals surface area contributed by atoms with Gasteiger partial charge in [-0.05, 0) is 71.0 Å². The fraction of sp³-hybridized carbons (Fsp3) is 0.367. The Balaban J connectivity index is 1.38. The number of carboxylic acid groups (broad SMARTS) is 1. The van der Waals surface area contributed by atoms with Gasteiger partial charge < -0.3 is 14.6 Å². The van der Waals surface area contributed by atoms with Crippen LogP contribution in [0.1, 0.15) is 54.4 Å². The first-order valence-electron chi connectivity index (χ1n) is 12.4. The number of carboxylic acids is 1. The van der Waals surface area contributed by atoms with Gasteiger partial charge in [0.1, 0.15) is 12.4 Å². The first-order chi connectivity index (χ1) is 17.6. The number of hydrogen-bond acceptors (Lipinski definition) is 5. The van der Waals surface area contributed by atoms with Crippen LogP contribution in [0.5, 0.6) is 5.75 Å². The van der Waals surface area contributed by atoms with E-state index in [1.54, 1.807) is 18.3 Å². The summed E-state index contributed by atoms with van der Waals surface area (Å²) < 4.78 is 11.7. The third kappa shape index (κ3) is 7.69. The maximum Gasteiger partial charge on any atom is 0.304 e. The fourth-order valence-corrected chi connectivity index (χ4v) is 5.26. The number of aliphatic carboxylic acids is 1. The Labute approximate surface area is 217 Å². The monoisotopic (exact) mass is 503 g/mol. The summed E-state index contributed by atoms with van der Waals surface area (Å²) in [6.45, 7) is 5.71. The minimum Gasteiger partial charge on any atom is -0.489 e. The van der Waals surface area contributed by atoms with Gasteiger partial charge in [-0.2, -0.15) is 11.3 Å². The molecule has 36 heavy (non-hydrogen) atoms. The summed E-state index contributed by atoms with van der Waals surface area (Å²) >= 11 is 1.75. The van der Waals surface area contributed by atoms with Crippen LogP contribution in [-0.4, -0.2) is 35.2 Å². The van der Waals surface area contributed by atoms with Crippen molar-refractivity contribution in [2.75, 3.05) is 13.2 Å². The molecule has 0 radical (unpaired) electrons. The van der Waals surface area contributed by atoms with E-state index in [0.717, 1.165) is 56.0 Å². The summed E-state index contributed by atoms with van der Waals surface area (Å²) in [6, 6.07) is 18.9. The lowest BCUT2D eigenvalue weighted by atomic mass is 9.96. The van der Waals surface area contributed by atoms with Crippen molar-refractivity contribution >= 4 is 17.3 Å². The Morgan fingerprint density at radius 2 is 1.86 bits per heavy atom. The highest BCUT2D eigenvalue weighted by molar-refractivity contribution is 7.07. The highest BCUT2D eigenvalue weighted by atomic mass is 32.1. The Morgan fingerprint density at radius 3 is 2.56 bits per heavy atom. The molecule has 0 amide bonds. The molecule has 1 N–H and O–H groups in total. The highest BCUT2D eigenvalue weighted by Gasteiger charge is 2.22. The molecule has 0 bridgehead atoms. The molecule has 1 aliphatic rings. The summed E-state index contributed by atoms with van der Waals surface area (Å²) in [5, 5.41) is 13.5. The molecule has 0 aliphatic carbocycles. The van der Waals surface area contributed by atoms with E-state index in [2.05, 4.69) is 57.8 Å². The first-order valence-corrected chi connectivity index (χ1v) is 13.3. The van der Waals surface area contributed by atoms with E-state index < -0.39 is 5.97 Å². The van der Waals surface area contributed by atoms with E-state index in [-0.39, 0.29) is 12.3 Å². The van der Waals surface area contributed by atoms with Crippen molar-refractivity contribution in [1.82, 2.24) is 4.90 Å². The highest BCUT2D eigenvalue weighted by Crippen LogP contribution is 2.24. The molecule has 1 aromatic heterocycles. The molecule has 4 rings (SSSR count). The zero-order valence-electron chi connectivity index (χ0n) is 20.7. The molecule has 2 heterocycles. The van der Waals surface area contributed by atoms with Crippen LogP contribution in [0.3, 0.4) is 0 Å². The lowest BCUT2D eigenvalue weighted by molar-refractivity contribution is -0.137. The molecular formula is C30H33NO4S. The minimum atomic E-state index is -0.853. The number of ether oxygens (including phenoxy) is 2. The normalized spacial score (nSPS) is 14.7. The lowest BCUT2D eigenvalue weighted by Gasteiger charge is -2.34. The molecule has 2 aromatic carbocycles. The maximum atomic E-state index is 11.1. The van der Waals surface area contributed by atoms with Crippen molar-refractivity contribution in [2.45, 2.75) is 57.8 Å². The van der Waals surface area contributed by atoms with E-state index in [9.17, 15) is 4.79 Å². The second-order valence-electron chi connectivity index (χ2n) is 9.10. The molecule has 1 aliphatic heterocycles. The molecular weight excluding hydrogens is 470 g/mol. The number of nitrogens with zero attached hydrogens (tertiary/aromatic N) is 1. The quantitative estimate of drug-likeness (QED) is 0.321. The topological polar surface area (TPSA) is 59.0 Å². The van der Waals surface area contributed by atoms with Gasteiger partial charge in [-0.15, -0.1) is 5.92 Å². The number of thiophene rings is 1. The Morgan fingerprint density at radius 1 is 1.11 bits per heavy atom. The summed E-state index contributed by atoms with van der Waals surface area (Å²) in [7, 11) is 0. The number of rotatable bonds is 11. The average molecular weight is 504 g/mol. The van der Waals surface area contributed by atoms with Crippen LogP contribution in [-0.2, 0) is 29.2 Å². The molecule has 6 heteroatoms. The van der Waals surface area contributed by atoms with Crippen molar-refractivity contribution in [3.63, 3.8) is 0 Å². The van der Waals surface area contributed by atoms with E-state index >= 15 is 0 Å². The smallest absolute Gasteiger partial charge is 0.304 e. The van der Waals surface area contributed by atoms with Gasteiger partial charge in [0.05, 0.1) is 12.3 Å². The molecule has 0 unspecified atom stereocenters. The van der Waals surface area contributed by atoms with Crippen molar-refractivity contribution in [3.05, 3.63) is 87.6 Å². The maximum absolute atomic E-state index is 11.1. The molecule has 1 atom stereocenters. The Hall–Kier alpha value is -3.11.